The second kappa shape index (κ2) is 3.56. The summed E-state index contributed by atoms with van der Waals surface area (Å²) < 4.78 is 0.700. The number of likely N-dealkylation sites (N-methyl/N-ethyl adjacent to an activating group) is 1. The van der Waals surface area contributed by atoms with Gasteiger partial charge in [0.1, 0.15) is 0 Å². The molecule has 0 heterocycles. The van der Waals surface area contributed by atoms with Gasteiger partial charge in [-0.05, 0) is 6.42 Å². The van der Waals surface area contributed by atoms with Gasteiger partial charge in [-0.2, -0.15) is 0 Å². The van der Waals surface area contributed by atoms with E-state index >= 15 is 0 Å². The SMILES string of the molecule is CCC[N+](C)(C)CC(N)=O. The van der Waals surface area contributed by atoms with Gasteiger partial charge < -0.3 is 10.2 Å². The van der Waals surface area contributed by atoms with Gasteiger partial charge in [0.15, 0.2) is 6.54 Å². The molecule has 0 aromatic rings. The Kier molecular flexibility index (Phi) is 3.36. The smallest absolute Gasteiger partial charge is 0.272 e. The molecule has 3 heteroatoms. The Morgan fingerprint density at radius 2 is 2.00 bits per heavy atom. The number of carbonyl (C=O) groups excluding carboxylic acids is 1. The summed E-state index contributed by atoms with van der Waals surface area (Å²) in [7, 11) is 4.02. The Balaban J connectivity index is 3.74. The van der Waals surface area contributed by atoms with Crippen molar-refractivity contribution in [1.82, 2.24) is 0 Å². The molecule has 0 bridgehead atoms. The first kappa shape index (κ1) is 9.43. The first-order valence-electron chi connectivity index (χ1n) is 3.58. The second-order valence-electron chi connectivity index (χ2n) is 3.28. The molecular weight excluding hydrogens is 128 g/mol. The lowest BCUT2D eigenvalue weighted by atomic mass is 10.3. The van der Waals surface area contributed by atoms with E-state index in [9.17, 15) is 4.79 Å². The summed E-state index contributed by atoms with van der Waals surface area (Å²) in [6, 6.07) is 0. The quantitative estimate of drug-likeness (QED) is 0.554. The van der Waals surface area contributed by atoms with Gasteiger partial charge in [-0.3, -0.25) is 4.79 Å². The van der Waals surface area contributed by atoms with Gasteiger partial charge in [0.2, 0.25) is 0 Å². The van der Waals surface area contributed by atoms with Crippen molar-refractivity contribution in [1.29, 1.82) is 0 Å². The number of primary amides is 1. The van der Waals surface area contributed by atoms with Crippen LogP contribution >= 0.6 is 0 Å². The molecule has 60 valence electrons. The predicted molar refractivity (Wildman–Crippen MR) is 41.3 cm³/mol. The molecule has 2 N–H and O–H groups in total. The molecule has 1 amide bonds. The van der Waals surface area contributed by atoms with Crippen molar-refractivity contribution in [3.8, 4) is 0 Å². The third kappa shape index (κ3) is 4.32. The molecule has 0 aliphatic carbocycles. The Labute approximate surface area is 62.4 Å². The summed E-state index contributed by atoms with van der Waals surface area (Å²) in [5.74, 6) is -0.224. The van der Waals surface area contributed by atoms with Crippen LogP contribution in [-0.4, -0.2) is 37.6 Å². The number of hydrogen-bond donors (Lipinski definition) is 1. The van der Waals surface area contributed by atoms with Crippen molar-refractivity contribution in [3.05, 3.63) is 0 Å². The number of hydrogen-bond acceptors (Lipinski definition) is 1. The van der Waals surface area contributed by atoms with Gasteiger partial charge >= 0.3 is 0 Å². The highest BCUT2D eigenvalue weighted by atomic mass is 16.1. The Morgan fingerprint density at radius 3 is 2.30 bits per heavy atom. The molecule has 0 radical (unpaired) electrons. The standard InChI is InChI=1S/C7H16N2O/c1-4-5-9(2,3)6-7(8)10/h4-6H2,1-3H3,(H-,8,10)/p+1. The third-order valence-electron chi connectivity index (χ3n) is 1.41. The first-order chi connectivity index (χ1) is 4.48. The van der Waals surface area contributed by atoms with E-state index in [0.29, 0.717) is 11.0 Å². The van der Waals surface area contributed by atoms with E-state index in [-0.39, 0.29) is 5.91 Å². The minimum Gasteiger partial charge on any atom is -0.365 e. The second-order valence-corrected chi connectivity index (χ2v) is 3.28. The molecule has 0 aromatic carbocycles. The minimum absolute atomic E-state index is 0.224. The van der Waals surface area contributed by atoms with Crippen molar-refractivity contribution in [2.75, 3.05) is 27.2 Å². The van der Waals surface area contributed by atoms with Crippen LogP contribution in [0.2, 0.25) is 0 Å². The molecule has 0 unspecified atom stereocenters. The Hall–Kier alpha value is -0.570. The average Bonchev–Trinajstić information content (AvgIpc) is 1.59. The molecule has 0 rings (SSSR count). The molecule has 0 aliphatic heterocycles. The van der Waals surface area contributed by atoms with Crippen LogP contribution in [0.4, 0.5) is 0 Å². The van der Waals surface area contributed by atoms with Crippen molar-refractivity contribution in [2.24, 2.45) is 5.73 Å². The van der Waals surface area contributed by atoms with E-state index < -0.39 is 0 Å². The molecule has 0 aliphatic rings. The highest BCUT2D eigenvalue weighted by molar-refractivity contribution is 5.74. The molecule has 10 heavy (non-hydrogen) atoms. The van der Waals surface area contributed by atoms with E-state index in [0.717, 1.165) is 13.0 Å². The fraction of sp³-hybridized carbons (Fsp3) is 0.857. The van der Waals surface area contributed by atoms with Crippen molar-refractivity contribution in [3.63, 3.8) is 0 Å². The average molecular weight is 145 g/mol. The van der Waals surface area contributed by atoms with E-state index in [2.05, 4.69) is 6.92 Å². The van der Waals surface area contributed by atoms with Crippen molar-refractivity contribution >= 4 is 5.91 Å². The lowest BCUT2D eigenvalue weighted by molar-refractivity contribution is -0.882. The number of quaternary nitrogens is 1. The van der Waals surface area contributed by atoms with Gasteiger partial charge in [0.05, 0.1) is 20.6 Å². The maximum atomic E-state index is 10.5. The number of amides is 1. The molecule has 0 saturated carbocycles. The highest BCUT2D eigenvalue weighted by Gasteiger charge is 2.15. The van der Waals surface area contributed by atoms with Crippen LogP contribution < -0.4 is 5.73 Å². The molecule has 0 spiro atoms. The number of carbonyl (C=O) groups is 1. The normalized spacial score (nSPS) is 11.5. The summed E-state index contributed by atoms with van der Waals surface area (Å²) in [6.45, 7) is 3.54. The third-order valence-corrected chi connectivity index (χ3v) is 1.41. The maximum Gasteiger partial charge on any atom is 0.272 e. The largest absolute Gasteiger partial charge is 0.365 e. The van der Waals surface area contributed by atoms with Gasteiger partial charge in [-0.15, -0.1) is 0 Å². The molecule has 0 fully saturated rings. The van der Waals surface area contributed by atoms with Gasteiger partial charge in [0.25, 0.3) is 5.91 Å². The van der Waals surface area contributed by atoms with Gasteiger partial charge in [0, 0.05) is 0 Å². The molecular formula is C7H17N2O+. The van der Waals surface area contributed by atoms with E-state index in [1.54, 1.807) is 0 Å². The summed E-state index contributed by atoms with van der Waals surface area (Å²) in [5.41, 5.74) is 5.05. The highest BCUT2D eigenvalue weighted by Crippen LogP contribution is 1.96. The summed E-state index contributed by atoms with van der Waals surface area (Å²) >= 11 is 0. The fourth-order valence-corrected chi connectivity index (χ4v) is 1.11. The number of nitrogens with two attached hydrogens (primary N) is 1. The van der Waals surface area contributed by atoms with Gasteiger partial charge in [-0.25, -0.2) is 0 Å². The zero-order chi connectivity index (χ0) is 8.20. The van der Waals surface area contributed by atoms with Crippen LogP contribution in [0.5, 0.6) is 0 Å². The summed E-state index contributed by atoms with van der Waals surface area (Å²) in [6.07, 6.45) is 1.08. The fourth-order valence-electron chi connectivity index (χ4n) is 1.11. The lowest BCUT2D eigenvalue weighted by Gasteiger charge is -2.27. The minimum atomic E-state index is -0.224. The summed E-state index contributed by atoms with van der Waals surface area (Å²) in [5, 5.41) is 0. The van der Waals surface area contributed by atoms with Gasteiger partial charge in [-0.1, -0.05) is 6.92 Å². The molecule has 0 saturated heterocycles. The van der Waals surface area contributed by atoms with Crippen LogP contribution in [-0.2, 0) is 4.79 Å². The summed E-state index contributed by atoms with van der Waals surface area (Å²) in [4.78, 5) is 10.5. The number of rotatable bonds is 4. The monoisotopic (exact) mass is 145 g/mol. The topological polar surface area (TPSA) is 43.1 Å². The lowest BCUT2D eigenvalue weighted by Crippen LogP contribution is -2.46. The molecule has 3 nitrogen and oxygen atoms in total. The van der Waals surface area contributed by atoms with Crippen LogP contribution in [0.25, 0.3) is 0 Å². The van der Waals surface area contributed by atoms with Crippen LogP contribution in [0.1, 0.15) is 13.3 Å². The maximum absolute atomic E-state index is 10.5. The van der Waals surface area contributed by atoms with Crippen LogP contribution in [0.15, 0.2) is 0 Å². The Bertz CT molecular complexity index is 121. The van der Waals surface area contributed by atoms with Crippen molar-refractivity contribution in [2.45, 2.75) is 13.3 Å². The molecule has 0 atom stereocenters. The van der Waals surface area contributed by atoms with E-state index in [1.165, 1.54) is 0 Å². The van der Waals surface area contributed by atoms with Crippen LogP contribution in [0.3, 0.4) is 0 Å². The van der Waals surface area contributed by atoms with Crippen LogP contribution in [0, 0.1) is 0 Å². The zero-order valence-corrected chi connectivity index (χ0v) is 7.05. The van der Waals surface area contributed by atoms with E-state index in [1.807, 2.05) is 14.1 Å². The van der Waals surface area contributed by atoms with E-state index in [4.69, 9.17) is 5.73 Å². The Morgan fingerprint density at radius 1 is 1.50 bits per heavy atom. The molecule has 0 aromatic heterocycles. The predicted octanol–water partition coefficient (Wildman–Crippen LogP) is -0.0419. The number of nitrogens with zero attached hydrogens (tertiary/aromatic N) is 1. The van der Waals surface area contributed by atoms with Crippen molar-refractivity contribution < 1.29 is 9.28 Å². The first-order valence-corrected chi connectivity index (χ1v) is 3.58. The zero-order valence-electron chi connectivity index (χ0n) is 7.05.